The fourth-order valence-electron chi connectivity index (χ4n) is 3.08. The molecule has 1 amide bonds. The van der Waals surface area contributed by atoms with Gasteiger partial charge in [-0.05, 0) is 62.8 Å². The zero-order valence-corrected chi connectivity index (χ0v) is 19.3. The van der Waals surface area contributed by atoms with Crippen molar-refractivity contribution in [2.75, 3.05) is 12.0 Å². The Bertz CT molecular complexity index is 940. The van der Waals surface area contributed by atoms with Gasteiger partial charge in [0.2, 0.25) is 11.8 Å². The van der Waals surface area contributed by atoms with E-state index >= 15 is 0 Å². The summed E-state index contributed by atoms with van der Waals surface area (Å²) in [5, 5.41) is 3.09. The van der Waals surface area contributed by atoms with Gasteiger partial charge in [0.15, 0.2) is 0 Å². The number of oxazole rings is 1. The van der Waals surface area contributed by atoms with Crippen molar-refractivity contribution in [1.29, 1.82) is 0 Å². The zero-order valence-electron chi connectivity index (χ0n) is 17.7. The van der Waals surface area contributed by atoms with E-state index in [0.717, 1.165) is 29.9 Å². The summed E-state index contributed by atoms with van der Waals surface area (Å²) in [5.41, 5.74) is 3.17. The highest BCUT2D eigenvalue weighted by molar-refractivity contribution is 7.99. The highest BCUT2D eigenvalue weighted by atomic mass is 32.2. The second kappa shape index (κ2) is 11.3. The van der Waals surface area contributed by atoms with E-state index in [1.807, 2.05) is 37.3 Å². The molecule has 1 aromatic heterocycles. The topological polar surface area (TPSA) is 55.1 Å². The molecule has 3 aromatic rings. The van der Waals surface area contributed by atoms with Crippen LogP contribution in [0.2, 0.25) is 0 Å². The van der Waals surface area contributed by atoms with Crippen molar-refractivity contribution in [2.45, 2.75) is 43.4 Å². The molecule has 0 radical (unpaired) electrons. The Hall–Kier alpha value is -2.18. The lowest BCUT2D eigenvalue weighted by Gasteiger charge is -2.13. The Labute approximate surface area is 187 Å². The third-order valence-electron chi connectivity index (χ3n) is 4.82. The average molecular weight is 441 g/mol. The first-order chi connectivity index (χ1) is 14.5. The van der Waals surface area contributed by atoms with Crippen LogP contribution in [0.25, 0.3) is 11.5 Å². The van der Waals surface area contributed by atoms with Gasteiger partial charge in [-0.25, -0.2) is 4.98 Å². The number of thioether (sulfide) groups is 2. The molecule has 30 heavy (non-hydrogen) atoms. The molecule has 3 rings (SSSR count). The molecule has 1 unspecified atom stereocenters. The van der Waals surface area contributed by atoms with Gasteiger partial charge in [0.1, 0.15) is 5.76 Å². The first-order valence-corrected chi connectivity index (χ1v) is 12.4. The summed E-state index contributed by atoms with van der Waals surface area (Å²) >= 11 is 3.27. The fraction of sp³-hybridized carbons (Fsp3) is 0.333. The first kappa shape index (κ1) is 22.5. The van der Waals surface area contributed by atoms with Gasteiger partial charge in [0.25, 0.3) is 0 Å². The van der Waals surface area contributed by atoms with E-state index in [-0.39, 0.29) is 11.9 Å². The van der Waals surface area contributed by atoms with E-state index in [1.165, 1.54) is 10.5 Å². The van der Waals surface area contributed by atoms with Crippen LogP contribution in [0.4, 0.5) is 0 Å². The molecule has 0 saturated carbocycles. The number of rotatable bonds is 10. The van der Waals surface area contributed by atoms with Crippen molar-refractivity contribution >= 4 is 29.4 Å². The lowest BCUT2D eigenvalue weighted by atomic mass is 10.1. The summed E-state index contributed by atoms with van der Waals surface area (Å²) in [5.74, 6) is 2.58. The normalized spacial score (nSPS) is 12.0. The number of aryl methyl sites for hydroxylation is 2. The van der Waals surface area contributed by atoms with E-state index in [1.54, 1.807) is 23.5 Å². The maximum atomic E-state index is 12.2. The number of hydrogen-bond acceptors (Lipinski definition) is 5. The van der Waals surface area contributed by atoms with Crippen molar-refractivity contribution in [3.05, 3.63) is 71.6 Å². The van der Waals surface area contributed by atoms with Gasteiger partial charge in [-0.1, -0.05) is 30.3 Å². The van der Waals surface area contributed by atoms with Crippen molar-refractivity contribution in [3.63, 3.8) is 0 Å². The van der Waals surface area contributed by atoms with E-state index in [9.17, 15) is 4.79 Å². The van der Waals surface area contributed by atoms with Crippen molar-refractivity contribution in [3.8, 4) is 11.5 Å². The van der Waals surface area contributed by atoms with Crippen LogP contribution in [0.15, 0.2) is 63.9 Å². The maximum Gasteiger partial charge on any atom is 0.230 e. The van der Waals surface area contributed by atoms with Crippen LogP contribution in [-0.2, 0) is 17.0 Å². The van der Waals surface area contributed by atoms with E-state index in [2.05, 4.69) is 47.7 Å². The molecule has 1 N–H and O–H groups in total. The van der Waals surface area contributed by atoms with Gasteiger partial charge in [-0.15, -0.1) is 23.5 Å². The standard InChI is InChI=1S/C24H28N2O2S2/c1-17(9-10-19-7-5-4-6-8-19)25-23(27)16-30-15-22-18(2)28-24(26-22)20-11-13-21(29-3)14-12-20/h4-8,11-14,17H,9-10,15-16H2,1-3H3,(H,25,27). The molecule has 2 aromatic carbocycles. The minimum Gasteiger partial charge on any atom is -0.441 e. The Kier molecular flexibility index (Phi) is 8.46. The second-order valence-corrected chi connectivity index (χ2v) is 9.10. The third kappa shape index (κ3) is 6.67. The van der Waals surface area contributed by atoms with Gasteiger partial charge in [0.05, 0.1) is 11.4 Å². The van der Waals surface area contributed by atoms with Crippen molar-refractivity contribution in [1.82, 2.24) is 10.3 Å². The molecule has 0 spiro atoms. The third-order valence-corrected chi connectivity index (χ3v) is 6.51. The van der Waals surface area contributed by atoms with Gasteiger partial charge in [-0.3, -0.25) is 4.79 Å². The Morgan fingerprint density at radius 2 is 1.87 bits per heavy atom. The molecule has 6 heteroatoms. The molecule has 158 valence electrons. The molecular weight excluding hydrogens is 412 g/mol. The Balaban J connectivity index is 1.43. The average Bonchev–Trinajstić information content (AvgIpc) is 3.13. The molecule has 1 atom stereocenters. The predicted octanol–water partition coefficient (Wildman–Crippen LogP) is 5.74. The van der Waals surface area contributed by atoms with Crippen LogP contribution < -0.4 is 5.32 Å². The Morgan fingerprint density at radius 1 is 1.13 bits per heavy atom. The molecule has 0 saturated heterocycles. The number of benzene rings is 2. The van der Waals surface area contributed by atoms with E-state index < -0.39 is 0 Å². The molecule has 1 heterocycles. The maximum absolute atomic E-state index is 12.2. The lowest BCUT2D eigenvalue weighted by molar-refractivity contribution is -0.119. The van der Waals surface area contributed by atoms with Gasteiger partial charge in [-0.2, -0.15) is 0 Å². The highest BCUT2D eigenvalue weighted by Crippen LogP contribution is 2.26. The monoisotopic (exact) mass is 440 g/mol. The van der Waals surface area contributed by atoms with Crippen LogP contribution in [0.3, 0.4) is 0 Å². The molecular formula is C24H28N2O2S2. The number of carbonyl (C=O) groups is 1. The minimum atomic E-state index is 0.0644. The molecule has 0 fully saturated rings. The highest BCUT2D eigenvalue weighted by Gasteiger charge is 2.13. The van der Waals surface area contributed by atoms with Crippen molar-refractivity contribution < 1.29 is 9.21 Å². The number of nitrogens with zero attached hydrogens (tertiary/aromatic N) is 1. The van der Waals surface area contributed by atoms with Crippen LogP contribution in [0, 0.1) is 6.92 Å². The Morgan fingerprint density at radius 3 is 2.57 bits per heavy atom. The number of nitrogens with one attached hydrogen (secondary N) is 1. The smallest absolute Gasteiger partial charge is 0.230 e. The summed E-state index contributed by atoms with van der Waals surface area (Å²) in [7, 11) is 0. The second-order valence-electron chi connectivity index (χ2n) is 7.24. The molecule has 0 aliphatic carbocycles. The van der Waals surface area contributed by atoms with Gasteiger partial charge in [0, 0.05) is 22.3 Å². The number of amides is 1. The molecule has 0 bridgehead atoms. The number of carbonyl (C=O) groups excluding carboxylic acids is 1. The first-order valence-electron chi connectivity index (χ1n) is 10.1. The number of hydrogen-bond donors (Lipinski definition) is 1. The SMILES string of the molecule is CSc1ccc(-c2nc(CSCC(=O)NC(C)CCc3ccccc3)c(C)o2)cc1. The van der Waals surface area contributed by atoms with Crippen LogP contribution in [-0.4, -0.2) is 28.9 Å². The van der Waals surface area contributed by atoms with Gasteiger partial charge >= 0.3 is 0 Å². The van der Waals surface area contributed by atoms with E-state index in [0.29, 0.717) is 17.4 Å². The van der Waals surface area contributed by atoms with Crippen LogP contribution >= 0.6 is 23.5 Å². The van der Waals surface area contributed by atoms with E-state index in [4.69, 9.17) is 4.42 Å². The summed E-state index contributed by atoms with van der Waals surface area (Å²) in [6, 6.07) is 18.7. The summed E-state index contributed by atoms with van der Waals surface area (Å²) < 4.78 is 5.84. The fourth-order valence-corrected chi connectivity index (χ4v) is 4.32. The van der Waals surface area contributed by atoms with Gasteiger partial charge < -0.3 is 9.73 Å². The largest absolute Gasteiger partial charge is 0.441 e. The molecule has 4 nitrogen and oxygen atoms in total. The summed E-state index contributed by atoms with van der Waals surface area (Å²) in [4.78, 5) is 18.1. The molecule has 0 aliphatic rings. The van der Waals surface area contributed by atoms with Crippen LogP contribution in [0.5, 0.6) is 0 Å². The minimum absolute atomic E-state index is 0.0644. The number of aromatic nitrogens is 1. The quantitative estimate of drug-likeness (QED) is 0.407. The lowest BCUT2D eigenvalue weighted by Crippen LogP contribution is -2.34. The predicted molar refractivity (Wildman–Crippen MR) is 127 cm³/mol. The zero-order chi connectivity index (χ0) is 21.3. The summed E-state index contributed by atoms with van der Waals surface area (Å²) in [6.07, 6.45) is 3.95. The molecule has 0 aliphatic heterocycles. The summed E-state index contributed by atoms with van der Waals surface area (Å²) in [6.45, 7) is 3.98. The van der Waals surface area contributed by atoms with Crippen molar-refractivity contribution in [2.24, 2.45) is 0 Å². The van der Waals surface area contributed by atoms with Crippen LogP contribution in [0.1, 0.15) is 30.4 Å².